The van der Waals surface area contributed by atoms with E-state index in [0.29, 0.717) is 32.3 Å². The second kappa shape index (κ2) is 9.55. The second-order valence-corrected chi connectivity index (χ2v) is 7.35. The van der Waals surface area contributed by atoms with Crippen molar-refractivity contribution in [3.8, 4) is 11.8 Å². The molecule has 2 aliphatic heterocycles. The topological polar surface area (TPSA) is 109 Å². The lowest BCUT2D eigenvalue weighted by Crippen LogP contribution is -2.37. The minimum Gasteiger partial charge on any atom is -0.378 e. The van der Waals surface area contributed by atoms with Gasteiger partial charge in [-0.3, -0.25) is 4.79 Å². The van der Waals surface area contributed by atoms with Crippen LogP contribution >= 0.6 is 0 Å². The van der Waals surface area contributed by atoms with Gasteiger partial charge in [-0.2, -0.15) is 10.1 Å². The SMILES string of the molecule is Cc1cccc(/C=N/Nc2nc3c(c(N4CCOCC4)n2)CN(C(=O)C#CCN)C3)c1. The molecule has 160 valence electrons. The predicted octanol–water partition coefficient (Wildman–Crippen LogP) is 0.872. The number of rotatable bonds is 4. The Hall–Kier alpha value is -3.48. The molecule has 2 aromatic rings. The molecular formula is C22H25N7O2. The van der Waals surface area contributed by atoms with Gasteiger partial charge < -0.3 is 20.3 Å². The van der Waals surface area contributed by atoms with Gasteiger partial charge in [0.05, 0.1) is 44.8 Å². The molecule has 2 aliphatic rings. The Morgan fingerprint density at radius 1 is 1.32 bits per heavy atom. The van der Waals surface area contributed by atoms with E-state index < -0.39 is 0 Å². The summed E-state index contributed by atoms with van der Waals surface area (Å²) >= 11 is 0. The first-order valence-electron chi connectivity index (χ1n) is 10.2. The molecule has 1 aromatic heterocycles. The van der Waals surface area contributed by atoms with Crippen LogP contribution in [0.1, 0.15) is 22.4 Å². The van der Waals surface area contributed by atoms with Gasteiger partial charge in [-0.25, -0.2) is 10.4 Å². The molecule has 3 heterocycles. The Bertz CT molecular complexity index is 1050. The van der Waals surface area contributed by atoms with Crippen molar-refractivity contribution in [3.63, 3.8) is 0 Å². The molecule has 4 rings (SSSR count). The molecule has 1 saturated heterocycles. The smallest absolute Gasteiger partial charge is 0.299 e. The zero-order chi connectivity index (χ0) is 21.6. The molecule has 0 atom stereocenters. The third-order valence-corrected chi connectivity index (χ3v) is 5.08. The van der Waals surface area contributed by atoms with Crippen molar-refractivity contribution in [2.45, 2.75) is 20.0 Å². The van der Waals surface area contributed by atoms with Crippen LogP contribution in [-0.4, -0.2) is 59.8 Å². The minimum absolute atomic E-state index is 0.151. The van der Waals surface area contributed by atoms with Gasteiger partial charge >= 0.3 is 0 Å². The number of hydrogen-bond acceptors (Lipinski definition) is 8. The van der Waals surface area contributed by atoms with Gasteiger partial charge in [-0.15, -0.1) is 0 Å². The van der Waals surface area contributed by atoms with Gasteiger partial charge in [0.25, 0.3) is 5.91 Å². The van der Waals surface area contributed by atoms with E-state index in [2.05, 4.69) is 32.3 Å². The largest absolute Gasteiger partial charge is 0.378 e. The van der Waals surface area contributed by atoms with Gasteiger partial charge in [0.15, 0.2) is 0 Å². The van der Waals surface area contributed by atoms with Crippen LogP contribution in [0.25, 0.3) is 0 Å². The van der Waals surface area contributed by atoms with Gasteiger partial charge in [0.1, 0.15) is 5.82 Å². The summed E-state index contributed by atoms with van der Waals surface area (Å²) in [4.78, 5) is 25.5. The number of anilines is 2. The molecule has 3 N–H and O–H groups in total. The second-order valence-electron chi connectivity index (χ2n) is 7.35. The van der Waals surface area contributed by atoms with Crippen LogP contribution < -0.4 is 16.1 Å². The highest BCUT2D eigenvalue weighted by Gasteiger charge is 2.30. The highest BCUT2D eigenvalue weighted by atomic mass is 16.5. The van der Waals surface area contributed by atoms with Crippen molar-refractivity contribution in [2.75, 3.05) is 43.2 Å². The monoisotopic (exact) mass is 419 g/mol. The van der Waals surface area contributed by atoms with Crippen LogP contribution in [0.15, 0.2) is 29.4 Å². The summed E-state index contributed by atoms with van der Waals surface area (Å²) in [5.74, 6) is 6.14. The molecule has 1 amide bonds. The number of fused-ring (bicyclic) bond motifs is 1. The first-order chi connectivity index (χ1) is 15.1. The summed E-state index contributed by atoms with van der Waals surface area (Å²) in [6, 6.07) is 8.04. The summed E-state index contributed by atoms with van der Waals surface area (Å²) in [6.45, 7) is 5.73. The number of morpholine rings is 1. The molecule has 0 spiro atoms. The van der Waals surface area contributed by atoms with Crippen LogP contribution in [-0.2, 0) is 22.6 Å². The lowest BCUT2D eigenvalue weighted by Gasteiger charge is -2.29. The van der Waals surface area contributed by atoms with Crippen LogP contribution in [0, 0.1) is 18.8 Å². The number of ether oxygens (including phenoxy) is 1. The number of amides is 1. The molecule has 9 nitrogen and oxygen atoms in total. The summed E-state index contributed by atoms with van der Waals surface area (Å²) in [6.07, 6.45) is 1.73. The van der Waals surface area contributed by atoms with E-state index in [1.807, 2.05) is 31.2 Å². The maximum absolute atomic E-state index is 12.4. The summed E-state index contributed by atoms with van der Waals surface area (Å²) < 4.78 is 5.48. The number of carbonyl (C=O) groups excluding carboxylic acids is 1. The van der Waals surface area contributed by atoms with Gasteiger partial charge in [0, 0.05) is 18.7 Å². The van der Waals surface area contributed by atoms with E-state index in [0.717, 1.165) is 41.3 Å². The predicted molar refractivity (Wildman–Crippen MR) is 119 cm³/mol. The van der Waals surface area contributed by atoms with Gasteiger partial charge in [-0.1, -0.05) is 35.7 Å². The van der Waals surface area contributed by atoms with Crippen LogP contribution in [0.4, 0.5) is 11.8 Å². The van der Waals surface area contributed by atoms with Crippen molar-refractivity contribution < 1.29 is 9.53 Å². The Balaban J connectivity index is 1.58. The van der Waals surface area contributed by atoms with E-state index in [1.54, 1.807) is 11.1 Å². The average Bonchev–Trinajstić information content (AvgIpc) is 3.22. The minimum atomic E-state index is -0.261. The van der Waals surface area contributed by atoms with Crippen molar-refractivity contribution in [2.24, 2.45) is 10.8 Å². The number of aromatic nitrogens is 2. The Kier molecular flexibility index (Phi) is 6.40. The van der Waals surface area contributed by atoms with Crippen molar-refractivity contribution in [1.82, 2.24) is 14.9 Å². The number of hydrazone groups is 1. The van der Waals surface area contributed by atoms with E-state index in [1.165, 1.54) is 0 Å². The summed E-state index contributed by atoms with van der Waals surface area (Å²) in [5.41, 5.74) is 12.2. The van der Waals surface area contributed by atoms with E-state index in [4.69, 9.17) is 15.5 Å². The highest BCUT2D eigenvalue weighted by Crippen LogP contribution is 2.31. The van der Waals surface area contributed by atoms with Crippen LogP contribution in [0.2, 0.25) is 0 Å². The Labute approximate surface area is 181 Å². The molecule has 0 aliphatic carbocycles. The summed E-state index contributed by atoms with van der Waals surface area (Å²) in [7, 11) is 0. The third-order valence-electron chi connectivity index (χ3n) is 5.08. The molecule has 31 heavy (non-hydrogen) atoms. The third kappa shape index (κ3) is 4.99. The lowest BCUT2D eigenvalue weighted by atomic mass is 10.2. The highest BCUT2D eigenvalue weighted by molar-refractivity contribution is 5.94. The quantitative estimate of drug-likeness (QED) is 0.430. The standard InChI is InChI=1S/C22H25N7O2/c1-16-4-2-5-17(12-16)13-24-27-22-25-19-15-29(20(30)6-3-7-23)14-18(19)21(26-22)28-8-10-31-11-9-28/h2,4-5,12-13H,7-11,14-15,23H2,1H3,(H,25,26,27)/b24-13+. The van der Waals surface area contributed by atoms with Crippen molar-refractivity contribution >= 4 is 23.9 Å². The van der Waals surface area contributed by atoms with Crippen molar-refractivity contribution in [3.05, 3.63) is 46.6 Å². The molecule has 1 fully saturated rings. The van der Waals surface area contributed by atoms with Crippen LogP contribution in [0.5, 0.6) is 0 Å². The fourth-order valence-corrected chi connectivity index (χ4v) is 3.59. The zero-order valence-corrected chi connectivity index (χ0v) is 17.5. The maximum atomic E-state index is 12.4. The number of benzene rings is 1. The number of hydrogen-bond donors (Lipinski definition) is 2. The number of nitrogens with zero attached hydrogens (tertiary/aromatic N) is 5. The van der Waals surface area contributed by atoms with E-state index >= 15 is 0 Å². The van der Waals surface area contributed by atoms with Crippen LogP contribution in [0.3, 0.4) is 0 Å². The molecule has 0 bridgehead atoms. The van der Waals surface area contributed by atoms with E-state index in [-0.39, 0.29) is 12.5 Å². The lowest BCUT2D eigenvalue weighted by molar-refractivity contribution is -0.125. The molecule has 0 radical (unpaired) electrons. The first-order valence-corrected chi connectivity index (χ1v) is 10.2. The van der Waals surface area contributed by atoms with Crippen molar-refractivity contribution in [1.29, 1.82) is 0 Å². The Morgan fingerprint density at radius 3 is 2.94 bits per heavy atom. The number of nitrogens with one attached hydrogen (secondary N) is 1. The van der Waals surface area contributed by atoms with Gasteiger partial charge in [-0.05, 0) is 18.4 Å². The average molecular weight is 419 g/mol. The fourth-order valence-electron chi connectivity index (χ4n) is 3.59. The maximum Gasteiger partial charge on any atom is 0.299 e. The first kappa shape index (κ1) is 20.8. The Morgan fingerprint density at radius 2 is 2.16 bits per heavy atom. The molecule has 9 heteroatoms. The van der Waals surface area contributed by atoms with Gasteiger partial charge in [0.2, 0.25) is 5.95 Å². The fraction of sp³-hybridized carbons (Fsp3) is 0.364. The molecular weight excluding hydrogens is 394 g/mol. The summed E-state index contributed by atoms with van der Waals surface area (Å²) in [5, 5.41) is 4.30. The normalized spacial score (nSPS) is 15.5. The van der Waals surface area contributed by atoms with E-state index in [9.17, 15) is 4.79 Å². The molecule has 0 unspecified atom stereocenters. The number of carbonyl (C=O) groups is 1. The molecule has 0 saturated carbocycles. The number of nitrogens with two attached hydrogens (primary N) is 1. The zero-order valence-electron chi connectivity index (χ0n) is 17.5. The molecule has 1 aromatic carbocycles. The number of aryl methyl sites for hydroxylation is 1.